The molecule has 0 aliphatic heterocycles. The fourth-order valence-corrected chi connectivity index (χ4v) is 2.57. The Balaban J connectivity index is 2.23. The van der Waals surface area contributed by atoms with Gasteiger partial charge in [-0.1, -0.05) is 12.1 Å². The molecule has 3 nitrogen and oxygen atoms in total. The zero-order valence-electron chi connectivity index (χ0n) is 11.1. The number of rotatable bonds is 4. The highest BCUT2D eigenvalue weighted by atomic mass is 79.9. The van der Waals surface area contributed by atoms with Gasteiger partial charge in [0, 0.05) is 0 Å². The molecule has 0 aliphatic carbocycles. The standard InChI is InChI=1S/C15H14Br2O3/c1-9(18)10-3-5-11(6-4-10)20-15-8-12(16)14(19-2)7-13(15)17/h3-9,18H,1-2H3. The van der Waals surface area contributed by atoms with Gasteiger partial charge in [0.25, 0.3) is 0 Å². The lowest BCUT2D eigenvalue weighted by atomic mass is 10.1. The number of benzene rings is 2. The quantitative estimate of drug-likeness (QED) is 0.777. The number of methoxy groups -OCH3 is 1. The third kappa shape index (κ3) is 3.53. The Hall–Kier alpha value is -1.04. The highest BCUT2D eigenvalue weighted by molar-refractivity contribution is 9.11. The Kier molecular flexibility index (Phi) is 5.07. The predicted molar refractivity (Wildman–Crippen MR) is 85.5 cm³/mol. The highest BCUT2D eigenvalue weighted by Crippen LogP contribution is 2.38. The van der Waals surface area contributed by atoms with E-state index in [9.17, 15) is 5.11 Å². The number of hydrogen-bond donors (Lipinski definition) is 1. The first kappa shape index (κ1) is 15.4. The minimum Gasteiger partial charge on any atom is -0.496 e. The molecular weight excluding hydrogens is 388 g/mol. The van der Waals surface area contributed by atoms with E-state index in [0.29, 0.717) is 11.5 Å². The molecule has 1 unspecified atom stereocenters. The number of hydrogen-bond acceptors (Lipinski definition) is 3. The van der Waals surface area contributed by atoms with Crippen LogP contribution in [0.1, 0.15) is 18.6 Å². The molecule has 0 bridgehead atoms. The van der Waals surface area contributed by atoms with Crippen LogP contribution < -0.4 is 9.47 Å². The van der Waals surface area contributed by atoms with E-state index in [1.165, 1.54) is 0 Å². The summed E-state index contributed by atoms with van der Waals surface area (Å²) in [7, 11) is 1.61. The second kappa shape index (κ2) is 6.61. The number of halogens is 2. The SMILES string of the molecule is COc1cc(Br)c(Oc2ccc(C(C)O)cc2)cc1Br. The Bertz CT molecular complexity index is 595. The molecule has 20 heavy (non-hydrogen) atoms. The molecule has 2 aromatic rings. The third-order valence-corrected chi connectivity index (χ3v) is 4.04. The molecule has 5 heteroatoms. The van der Waals surface area contributed by atoms with Crippen LogP contribution >= 0.6 is 31.9 Å². The first-order chi connectivity index (χ1) is 9.51. The first-order valence-electron chi connectivity index (χ1n) is 6.00. The molecule has 0 amide bonds. The average Bonchev–Trinajstić information content (AvgIpc) is 2.43. The maximum absolute atomic E-state index is 9.47. The van der Waals surface area contributed by atoms with Gasteiger partial charge in [0.1, 0.15) is 17.2 Å². The molecule has 0 fully saturated rings. The van der Waals surface area contributed by atoms with Gasteiger partial charge in [-0.25, -0.2) is 0 Å². The van der Waals surface area contributed by atoms with Crippen LogP contribution in [0.2, 0.25) is 0 Å². The van der Waals surface area contributed by atoms with Gasteiger partial charge >= 0.3 is 0 Å². The van der Waals surface area contributed by atoms with Crippen LogP contribution in [-0.2, 0) is 0 Å². The summed E-state index contributed by atoms with van der Waals surface area (Å²) in [4.78, 5) is 0. The highest BCUT2D eigenvalue weighted by Gasteiger charge is 2.09. The number of ether oxygens (including phenoxy) is 2. The fourth-order valence-electron chi connectivity index (χ4n) is 1.69. The Labute approximate surface area is 134 Å². The molecule has 2 rings (SSSR count). The Morgan fingerprint density at radius 2 is 1.55 bits per heavy atom. The van der Waals surface area contributed by atoms with Crippen molar-refractivity contribution in [2.45, 2.75) is 13.0 Å². The zero-order chi connectivity index (χ0) is 14.7. The predicted octanol–water partition coefficient (Wildman–Crippen LogP) is 5.07. The molecule has 1 atom stereocenters. The van der Waals surface area contributed by atoms with Crippen molar-refractivity contribution in [1.82, 2.24) is 0 Å². The topological polar surface area (TPSA) is 38.7 Å². The molecule has 0 heterocycles. The molecule has 0 saturated carbocycles. The van der Waals surface area contributed by atoms with E-state index in [1.807, 2.05) is 36.4 Å². The van der Waals surface area contributed by atoms with Crippen LogP contribution in [0.25, 0.3) is 0 Å². The second-order valence-electron chi connectivity index (χ2n) is 4.26. The van der Waals surface area contributed by atoms with Crippen molar-refractivity contribution in [3.8, 4) is 17.2 Å². The minimum atomic E-state index is -0.481. The number of aliphatic hydroxyl groups excluding tert-OH is 1. The lowest BCUT2D eigenvalue weighted by molar-refractivity contribution is 0.199. The summed E-state index contributed by atoms with van der Waals surface area (Å²) in [6.07, 6.45) is -0.481. The molecule has 106 valence electrons. The molecule has 2 aromatic carbocycles. The van der Waals surface area contributed by atoms with Crippen LogP contribution in [0.3, 0.4) is 0 Å². The van der Waals surface area contributed by atoms with Gasteiger partial charge in [0.2, 0.25) is 0 Å². The van der Waals surface area contributed by atoms with E-state index in [1.54, 1.807) is 14.0 Å². The van der Waals surface area contributed by atoms with Gasteiger partial charge in [0.05, 0.1) is 22.2 Å². The van der Waals surface area contributed by atoms with Crippen molar-refractivity contribution in [2.24, 2.45) is 0 Å². The maximum Gasteiger partial charge on any atom is 0.143 e. The van der Waals surface area contributed by atoms with E-state index >= 15 is 0 Å². The van der Waals surface area contributed by atoms with Crippen molar-refractivity contribution in [3.63, 3.8) is 0 Å². The van der Waals surface area contributed by atoms with Crippen LogP contribution in [0, 0.1) is 0 Å². The zero-order valence-corrected chi connectivity index (χ0v) is 14.2. The summed E-state index contributed by atoms with van der Waals surface area (Å²) < 4.78 is 12.6. The van der Waals surface area contributed by atoms with Crippen molar-refractivity contribution in [3.05, 3.63) is 50.9 Å². The van der Waals surface area contributed by atoms with Crippen molar-refractivity contribution in [1.29, 1.82) is 0 Å². The van der Waals surface area contributed by atoms with E-state index in [4.69, 9.17) is 9.47 Å². The second-order valence-corrected chi connectivity index (χ2v) is 5.97. The smallest absolute Gasteiger partial charge is 0.143 e. The lowest BCUT2D eigenvalue weighted by Crippen LogP contribution is -1.92. The van der Waals surface area contributed by atoms with Gasteiger partial charge < -0.3 is 14.6 Å². The van der Waals surface area contributed by atoms with E-state index in [-0.39, 0.29) is 0 Å². The molecule has 1 N–H and O–H groups in total. The summed E-state index contributed by atoms with van der Waals surface area (Å²) in [5.74, 6) is 2.11. The van der Waals surface area contributed by atoms with E-state index < -0.39 is 6.10 Å². The molecular formula is C15H14Br2O3. The Morgan fingerprint density at radius 3 is 2.10 bits per heavy atom. The molecule has 0 saturated heterocycles. The van der Waals surface area contributed by atoms with Gasteiger partial charge in [-0.3, -0.25) is 0 Å². The fraction of sp³-hybridized carbons (Fsp3) is 0.200. The van der Waals surface area contributed by atoms with Gasteiger partial charge in [-0.05, 0) is 68.6 Å². The van der Waals surface area contributed by atoms with E-state index in [0.717, 1.165) is 20.3 Å². The number of aliphatic hydroxyl groups is 1. The van der Waals surface area contributed by atoms with Crippen LogP contribution in [0.4, 0.5) is 0 Å². The lowest BCUT2D eigenvalue weighted by Gasteiger charge is -2.12. The largest absolute Gasteiger partial charge is 0.496 e. The van der Waals surface area contributed by atoms with Crippen LogP contribution in [0.5, 0.6) is 17.2 Å². The summed E-state index contributed by atoms with van der Waals surface area (Å²) >= 11 is 6.88. The van der Waals surface area contributed by atoms with Crippen molar-refractivity contribution < 1.29 is 14.6 Å². The van der Waals surface area contributed by atoms with Crippen molar-refractivity contribution >= 4 is 31.9 Å². The Morgan fingerprint density at radius 1 is 1.00 bits per heavy atom. The third-order valence-electron chi connectivity index (χ3n) is 2.80. The van der Waals surface area contributed by atoms with Crippen LogP contribution in [0.15, 0.2) is 45.3 Å². The van der Waals surface area contributed by atoms with Gasteiger partial charge in [0.15, 0.2) is 0 Å². The monoisotopic (exact) mass is 400 g/mol. The van der Waals surface area contributed by atoms with Gasteiger partial charge in [-0.2, -0.15) is 0 Å². The molecule has 0 spiro atoms. The normalized spacial score (nSPS) is 12.1. The maximum atomic E-state index is 9.47. The van der Waals surface area contributed by atoms with E-state index in [2.05, 4.69) is 31.9 Å². The molecule has 0 aromatic heterocycles. The first-order valence-corrected chi connectivity index (χ1v) is 7.58. The summed E-state index contributed by atoms with van der Waals surface area (Å²) in [5, 5.41) is 9.47. The van der Waals surface area contributed by atoms with Crippen molar-refractivity contribution in [2.75, 3.05) is 7.11 Å². The molecule has 0 radical (unpaired) electrons. The van der Waals surface area contributed by atoms with Crippen LogP contribution in [-0.4, -0.2) is 12.2 Å². The average molecular weight is 402 g/mol. The summed E-state index contributed by atoms with van der Waals surface area (Å²) in [6.45, 7) is 1.73. The summed E-state index contributed by atoms with van der Waals surface area (Å²) in [6, 6.07) is 11.0. The molecule has 0 aliphatic rings. The summed E-state index contributed by atoms with van der Waals surface area (Å²) in [5.41, 5.74) is 0.854. The van der Waals surface area contributed by atoms with Gasteiger partial charge in [-0.15, -0.1) is 0 Å². The minimum absolute atomic E-state index is 0.481.